The van der Waals surface area contributed by atoms with Crippen LogP contribution in [0.25, 0.3) is 0 Å². The van der Waals surface area contributed by atoms with Crippen LogP contribution in [0.5, 0.6) is 0 Å². The highest BCUT2D eigenvalue weighted by atomic mass is 19.4. The number of halogens is 3. The first-order chi connectivity index (χ1) is 10.3. The maximum absolute atomic E-state index is 12.3. The summed E-state index contributed by atoms with van der Waals surface area (Å²) >= 11 is 0. The van der Waals surface area contributed by atoms with Gasteiger partial charge in [-0.3, -0.25) is 14.3 Å². The van der Waals surface area contributed by atoms with Gasteiger partial charge in [-0.2, -0.15) is 18.3 Å². The molecule has 2 heterocycles. The maximum Gasteiger partial charge on any atom is 0.408 e. The first-order valence-electron chi connectivity index (χ1n) is 7.02. The number of rotatable bonds is 4. The molecule has 1 saturated heterocycles. The van der Waals surface area contributed by atoms with E-state index in [4.69, 9.17) is 0 Å². The highest BCUT2D eigenvalue weighted by Crippen LogP contribution is 2.27. The van der Waals surface area contributed by atoms with Gasteiger partial charge in [0.25, 0.3) is 0 Å². The number of hydrogen-bond donors (Lipinski definition) is 1. The van der Waals surface area contributed by atoms with Gasteiger partial charge in [-0.25, -0.2) is 0 Å². The van der Waals surface area contributed by atoms with E-state index in [2.05, 4.69) is 10.4 Å². The molecule has 2 fully saturated rings. The number of alkyl halides is 3. The van der Waals surface area contributed by atoms with E-state index in [0.717, 1.165) is 17.5 Å². The SMILES string of the molecule is O=C(NC1CC1)[C@@H]1CC(=O)N(c2cnn(CC(F)(F)F)c2)C1. The van der Waals surface area contributed by atoms with E-state index in [-0.39, 0.29) is 36.5 Å². The molecule has 2 aliphatic rings. The maximum atomic E-state index is 12.3. The summed E-state index contributed by atoms with van der Waals surface area (Å²) in [7, 11) is 0. The number of carbonyl (C=O) groups excluding carboxylic acids is 2. The molecule has 6 nitrogen and oxygen atoms in total. The zero-order chi connectivity index (χ0) is 15.9. The Kier molecular flexibility index (Phi) is 3.57. The minimum Gasteiger partial charge on any atom is -0.353 e. The predicted molar refractivity (Wildman–Crippen MR) is 69.9 cm³/mol. The summed E-state index contributed by atoms with van der Waals surface area (Å²) < 4.78 is 37.7. The second-order valence-electron chi connectivity index (χ2n) is 5.70. The summed E-state index contributed by atoms with van der Waals surface area (Å²) in [5.41, 5.74) is 0.288. The number of nitrogens with zero attached hydrogens (tertiary/aromatic N) is 3. The van der Waals surface area contributed by atoms with Gasteiger partial charge < -0.3 is 10.2 Å². The second kappa shape index (κ2) is 5.29. The quantitative estimate of drug-likeness (QED) is 0.904. The number of hydrogen-bond acceptors (Lipinski definition) is 3. The summed E-state index contributed by atoms with van der Waals surface area (Å²) in [4.78, 5) is 25.2. The fourth-order valence-electron chi connectivity index (χ4n) is 2.44. The average molecular weight is 316 g/mol. The van der Waals surface area contributed by atoms with Crippen LogP contribution in [-0.2, 0) is 16.1 Å². The Morgan fingerprint density at radius 1 is 1.41 bits per heavy atom. The van der Waals surface area contributed by atoms with Crippen molar-refractivity contribution in [3.8, 4) is 0 Å². The van der Waals surface area contributed by atoms with E-state index in [0.29, 0.717) is 0 Å². The Morgan fingerprint density at radius 3 is 2.77 bits per heavy atom. The largest absolute Gasteiger partial charge is 0.408 e. The van der Waals surface area contributed by atoms with Crippen molar-refractivity contribution in [2.24, 2.45) is 5.92 Å². The van der Waals surface area contributed by atoms with Gasteiger partial charge in [0.05, 0.1) is 17.8 Å². The van der Waals surface area contributed by atoms with Crippen molar-refractivity contribution in [2.75, 3.05) is 11.4 Å². The summed E-state index contributed by atoms with van der Waals surface area (Å²) in [6.07, 6.45) is 0.00600. The zero-order valence-corrected chi connectivity index (χ0v) is 11.6. The topological polar surface area (TPSA) is 67.2 Å². The van der Waals surface area contributed by atoms with Gasteiger partial charge in [0, 0.05) is 25.2 Å². The molecule has 0 radical (unpaired) electrons. The lowest BCUT2D eigenvalue weighted by atomic mass is 10.1. The molecule has 1 aliphatic carbocycles. The molecule has 0 spiro atoms. The molecule has 0 bridgehead atoms. The lowest BCUT2D eigenvalue weighted by Crippen LogP contribution is -2.34. The molecule has 3 rings (SSSR count). The molecule has 120 valence electrons. The zero-order valence-electron chi connectivity index (χ0n) is 11.6. The molecule has 1 aliphatic heterocycles. The average Bonchev–Trinajstić information content (AvgIpc) is 2.94. The lowest BCUT2D eigenvalue weighted by Gasteiger charge is -2.14. The van der Waals surface area contributed by atoms with Gasteiger partial charge in [0.15, 0.2) is 0 Å². The van der Waals surface area contributed by atoms with Gasteiger partial charge in [0.1, 0.15) is 6.54 Å². The Balaban J connectivity index is 1.64. The van der Waals surface area contributed by atoms with Crippen LogP contribution < -0.4 is 10.2 Å². The van der Waals surface area contributed by atoms with Crippen LogP contribution in [0.4, 0.5) is 18.9 Å². The van der Waals surface area contributed by atoms with Crippen LogP contribution in [0.2, 0.25) is 0 Å². The van der Waals surface area contributed by atoms with Gasteiger partial charge >= 0.3 is 6.18 Å². The summed E-state index contributed by atoms with van der Waals surface area (Å²) in [6.45, 7) is -1.03. The van der Waals surface area contributed by atoms with Crippen molar-refractivity contribution >= 4 is 17.5 Å². The van der Waals surface area contributed by atoms with Crippen LogP contribution in [0, 0.1) is 5.92 Å². The third kappa shape index (κ3) is 3.40. The van der Waals surface area contributed by atoms with Crippen LogP contribution in [0.15, 0.2) is 12.4 Å². The minimum absolute atomic E-state index is 0.0724. The summed E-state index contributed by atoms with van der Waals surface area (Å²) in [5, 5.41) is 6.45. The predicted octanol–water partition coefficient (Wildman–Crippen LogP) is 1.08. The molecule has 1 aromatic rings. The molecular weight excluding hydrogens is 301 g/mol. The number of aromatic nitrogens is 2. The van der Waals surface area contributed by atoms with E-state index < -0.39 is 18.6 Å². The van der Waals surface area contributed by atoms with Gasteiger partial charge in [-0.15, -0.1) is 0 Å². The number of amides is 2. The van der Waals surface area contributed by atoms with Gasteiger partial charge in [0.2, 0.25) is 11.8 Å². The van der Waals surface area contributed by atoms with Crippen LogP contribution in [-0.4, -0.2) is 40.4 Å². The van der Waals surface area contributed by atoms with E-state index in [9.17, 15) is 22.8 Å². The fourth-order valence-corrected chi connectivity index (χ4v) is 2.44. The van der Waals surface area contributed by atoms with E-state index in [1.165, 1.54) is 17.3 Å². The van der Waals surface area contributed by atoms with Crippen LogP contribution in [0.1, 0.15) is 19.3 Å². The lowest BCUT2D eigenvalue weighted by molar-refractivity contribution is -0.142. The van der Waals surface area contributed by atoms with Crippen molar-refractivity contribution in [2.45, 2.75) is 38.0 Å². The van der Waals surface area contributed by atoms with Crippen LogP contribution >= 0.6 is 0 Å². The molecule has 0 aromatic carbocycles. The number of carbonyl (C=O) groups is 2. The van der Waals surface area contributed by atoms with Crippen molar-refractivity contribution in [1.82, 2.24) is 15.1 Å². The molecule has 9 heteroatoms. The smallest absolute Gasteiger partial charge is 0.353 e. The van der Waals surface area contributed by atoms with E-state index >= 15 is 0 Å². The Hall–Kier alpha value is -2.06. The molecule has 1 atom stereocenters. The fraction of sp³-hybridized carbons (Fsp3) is 0.615. The Morgan fingerprint density at radius 2 is 2.14 bits per heavy atom. The van der Waals surface area contributed by atoms with Gasteiger partial charge in [-0.1, -0.05) is 0 Å². The Bertz CT molecular complexity index is 594. The van der Waals surface area contributed by atoms with Gasteiger partial charge in [-0.05, 0) is 12.8 Å². The summed E-state index contributed by atoms with van der Waals surface area (Å²) in [6, 6.07) is 0.214. The number of anilines is 1. The standard InChI is InChI=1S/C13H15F3N4O2/c14-13(15,16)7-19-6-10(4-17-19)20-5-8(3-11(20)21)12(22)18-9-1-2-9/h4,6,8-9H,1-3,5,7H2,(H,18,22)/t8-/m1/s1. The Labute approximate surface area is 124 Å². The highest BCUT2D eigenvalue weighted by molar-refractivity contribution is 6.00. The molecule has 1 aromatic heterocycles. The highest BCUT2D eigenvalue weighted by Gasteiger charge is 2.38. The molecule has 1 saturated carbocycles. The van der Waals surface area contributed by atoms with E-state index in [1.54, 1.807) is 0 Å². The monoisotopic (exact) mass is 316 g/mol. The van der Waals surface area contributed by atoms with Crippen molar-refractivity contribution in [3.63, 3.8) is 0 Å². The third-order valence-electron chi connectivity index (χ3n) is 3.69. The first kappa shape index (κ1) is 14.9. The molecule has 1 N–H and O–H groups in total. The molecule has 22 heavy (non-hydrogen) atoms. The van der Waals surface area contributed by atoms with Crippen molar-refractivity contribution in [1.29, 1.82) is 0 Å². The van der Waals surface area contributed by atoms with E-state index in [1.807, 2.05) is 0 Å². The first-order valence-corrected chi connectivity index (χ1v) is 7.02. The summed E-state index contributed by atoms with van der Waals surface area (Å²) in [5.74, 6) is -0.900. The molecule has 2 amide bonds. The number of nitrogens with one attached hydrogen (secondary N) is 1. The minimum atomic E-state index is -4.37. The molecular formula is C13H15F3N4O2. The molecule has 0 unspecified atom stereocenters. The van der Waals surface area contributed by atoms with Crippen molar-refractivity contribution in [3.05, 3.63) is 12.4 Å². The second-order valence-corrected chi connectivity index (χ2v) is 5.70. The van der Waals surface area contributed by atoms with Crippen LogP contribution in [0.3, 0.4) is 0 Å². The third-order valence-corrected chi connectivity index (χ3v) is 3.69. The van der Waals surface area contributed by atoms with Crippen molar-refractivity contribution < 1.29 is 22.8 Å². The normalized spacial score (nSPS) is 22.2.